The number of hydrogen-bond acceptors (Lipinski definition) is 1. The van der Waals surface area contributed by atoms with Gasteiger partial charge in [0.05, 0.1) is 6.10 Å². The van der Waals surface area contributed by atoms with Gasteiger partial charge in [0.2, 0.25) is 0 Å². The highest BCUT2D eigenvalue weighted by Gasteiger charge is 2.10. The second-order valence-electron chi connectivity index (χ2n) is 4.72. The van der Waals surface area contributed by atoms with Crippen molar-refractivity contribution in [2.75, 3.05) is 0 Å². The third-order valence-electron chi connectivity index (χ3n) is 3.09. The number of hydrogen-bond donors (Lipinski definition) is 1. The summed E-state index contributed by atoms with van der Waals surface area (Å²) in [4.78, 5) is 0. The van der Waals surface area contributed by atoms with Crippen LogP contribution in [0.5, 0.6) is 0 Å². The molecule has 0 aliphatic carbocycles. The van der Waals surface area contributed by atoms with Crippen molar-refractivity contribution < 1.29 is 9.50 Å². The molecule has 0 heterocycles. The minimum Gasteiger partial charge on any atom is -0.388 e. The third kappa shape index (κ3) is 2.96. The van der Waals surface area contributed by atoms with E-state index in [0.29, 0.717) is 17.5 Å². The van der Waals surface area contributed by atoms with Crippen molar-refractivity contribution in [3.63, 3.8) is 0 Å². The zero-order valence-corrected chi connectivity index (χ0v) is 10.7. The summed E-state index contributed by atoms with van der Waals surface area (Å²) < 4.78 is 13.4. The molecule has 2 heteroatoms. The molecule has 2 aromatic rings. The van der Waals surface area contributed by atoms with Gasteiger partial charge < -0.3 is 5.11 Å². The summed E-state index contributed by atoms with van der Waals surface area (Å²) in [5.41, 5.74) is 3.44. The normalized spacial score (nSPS) is 12.4. The van der Waals surface area contributed by atoms with E-state index in [1.807, 2.05) is 31.2 Å². The Balaban J connectivity index is 2.16. The maximum atomic E-state index is 13.4. The van der Waals surface area contributed by atoms with Crippen LogP contribution in [0, 0.1) is 19.7 Å². The van der Waals surface area contributed by atoms with Crippen LogP contribution in [0.1, 0.15) is 28.4 Å². The second-order valence-corrected chi connectivity index (χ2v) is 4.72. The SMILES string of the molecule is Cc1cccc(CC(O)c2ccc(C)c(F)c2)c1. The molecule has 0 aromatic heterocycles. The lowest BCUT2D eigenvalue weighted by atomic mass is 9.99. The van der Waals surface area contributed by atoms with Gasteiger partial charge in [0, 0.05) is 6.42 Å². The van der Waals surface area contributed by atoms with Crippen molar-refractivity contribution >= 4 is 0 Å². The average Bonchev–Trinajstić information content (AvgIpc) is 2.32. The van der Waals surface area contributed by atoms with Crippen LogP contribution in [0.4, 0.5) is 4.39 Å². The average molecular weight is 244 g/mol. The molecule has 1 atom stereocenters. The Morgan fingerprint density at radius 2 is 1.89 bits per heavy atom. The maximum Gasteiger partial charge on any atom is 0.126 e. The van der Waals surface area contributed by atoms with E-state index in [0.717, 1.165) is 11.1 Å². The van der Waals surface area contributed by atoms with E-state index >= 15 is 0 Å². The van der Waals surface area contributed by atoms with Crippen LogP contribution in [-0.4, -0.2) is 5.11 Å². The van der Waals surface area contributed by atoms with Crippen LogP contribution in [0.3, 0.4) is 0 Å². The van der Waals surface area contributed by atoms with E-state index in [1.54, 1.807) is 19.1 Å². The number of benzene rings is 2. The van der Waals surface area contributed by atoms with E-state index in [2.05, 4.69) is 0 Å². The molecule has 0 aliphatic heterocycles. The molecular formula is C16H17FO. The summed E-state index contributed by atoms with van der Waals surface area (Å²) in [7, 11) is 0. The van der Waals surface area contributed by atoms with Gasteiger partial charge in [-0.15, -0.1) is 0 Å². The van der Waals surface area contributed by atoms with Gasteiger partial charge in [-0.1, -0.05) is 42.0 Å². The van der Waals surface area contributed by atoms with Crippen LogP contribution in [-0.2, 0) is 6.42 Å². The van der Waals surface area contributed by atoms with Crippen molar-refractivity contribution in [1.29, 1.82) is 0 Å². The van der Waals surface area contributed by atoms with E-state index in [9.17, 15) is 9.50 Å². The molecule has 1 unspecified atom stereocenters. The van der Waals surface area contributed by atoms with Gasteiger partial charge in [0.15, 0.2) is 0 Å². The van der Waals surface area contributed by atoms with Gasteiger partial charge in [-0.2, -0.15) is 0 Å². The van der Waals surface area contributed by atoms with Crippen molar-refractivity contribution in [2.24, 2.45) is 0 Å². The molecule has 1 N–H and O–H groups in total. The Kier molecular flexibility index (Phi) is 3.78. The number of rotatable bonds is 3. The van der Waals surface area contributed by atoms with Gasteiger partial charge in [-0.25, -0.2) is 4.39 Å². The quantitative estimate of drug-likeness (QED) is 0.872. The molecule has 0 fully saturated rings. The summed E-state index contributed by atoms with van der Waals surface area (Å²) in [5, 5.41) is 10.1. The van der Waals surface area contributed by atoms with Crippen LogP contribution in [0.25, 0.3) is 0 Å². The van der Waals surface area contributed by atoms with Crippen LogP contribution in [0.2, 0.25) is 0 Å². The fraction of sp³-hybridized carbons (Fsp3) is 0.250. The smallest absolute Gasteiger partial charge is 0.126 e. The Bertz CT molecular complexity index is 549. The van der Waals surface area contributed by atoms with E-state index in [4.69, 9.17) is 0 Å². The molecule has 18 heavy (non-hydrogen) atoms. The number of aliphatic hydroxyl groups is 1. The molecule has 0 aliphatic rings. The fourth-order valence-electron chi connectivity index (χ4n) is 2.00. The lowest BCUT2D eigenvalue weighted by Gasteiger charge is -2.12. The first-order valence-electron chi connectivity index (χ1n) is 6.06. The summed E-state index contributed by atoms with van der Waals surface area (Å²) in [5.74, 6) is -0.268. The monoisotopic (exact) mass is 244 g/mol. The highest BCUT2D eigenvalue weighted by atomic mass is 19.1. The zero-order chi connectivity index (χ0) is 13.1. The molecule has 0 bridgehead atoms. The van der Waals surface area contributed by atoms with E-state index in [1.165, 1.54) is 6.07 Å². The fourth-order valence-corrected chi connectivity index (χ4v) is 2.00. The Morgan fingerprint density at radius 3 is 2.56 bits per heavy atom. The summed E-state index contributed by atoms with van der Waals surface area (Å²) in [6.07, 6.45) is -0.161. The lowest BCUT2D eigenvalue weighted by Crippen LogP contribution is -2.03. The van der Waals surface area contributed by atoms with Crippen LogP contribution >= 0.6 is 0 Å². The van der Waals surface area contributed by atoms with Gasteiger partial charge in [-0.05, 0) is 36.6 Å². The first-order chi connectivity index (χ1) is 8.56. The van der Waals surface area contributed by atoms with E-state index in [-0.39, 0.29) is 5.82 Å². The van der Waals surface area contributed by atoms with Gasteiger partial charge in [0.25, 0.3) is 0 Å². The lowest BCUT2D eigenvalue weighted by molar-refractivity contribution is 0.178. The number of aliphatic hydroxyl groups excluding tert-OH is 1. The van der Waals surface area contributed by atoms with Gasteiger partial charge >= 0.3 is 0 Å². The summed E-state index contributed by atoms with van der Waals surface area (Å²) in [6.45, 7) is 3.73. The molecule has 0 radical (unpaired) electrons. The molecular weight excluding hydrogens is 227 g/mol. The zero-order valence-electron chi connectivity index (χ0n) is 10.7. The molecule has 0 saturated heterocycles. The molecule has 0 spiro atoms. The largest absolute Gasteiger partial charge is 0.388 e. The highest BCUT2D eigenvalue weighted by molar-refractivity contribution is 5.28. The topological polar surface area (TPSA) is 20.2 Å². The van der Waals surface area contributed by atoms with Crippen molar-refractivity contribution in [3.8, 4) is 0 Å². The first kappa shape index (κ1) is 12.8. The number of aryl methyl sites for hydroxylation is 2. The minimum atomic E-state index is -0.665. The van der Waals surface area contributed by atoms with Gasteiger partial charge in [-0.3, -0.25) is 0 Å². The molecule has 0 saturated carbocycles. The van der Waals surface area contributed by atoms with Crippen LogP contribution < -0.4 is 0 Å². The molecule has 94 valence electrons. The van der Waals surface area contributed by atoms with E-state index < -0.39 is 6.10 Å². The van der Waals surface area contributed by atoms with Crippen LogP contribution in [0.15, 0.2) is 42.5 Å². The van der Waals surface area contributed by atoms with Gasteiger partial charge in [0.1, 0.15) is 5.82 Å². The van der Waals surface area contributed by atoms with Crippen molar-refractivity contribution in [1.82, 2.24) is 0 Å². The predicted molar refractivity (Wildman–Crippen MR) is 71.0 cm³/mol. The maximum absolute atomic E-state index is 13.4. The predicted octanol–water partition coefficient (Wildman–Crippen LogP) is 3.72. The highest BCUT2D eigenvalue weighted by Crippen LogP contribution is 2.21. The second kappa shape index (κ2) is 5.32. The third-order valence-corrected chi connectivity index (χ3v) is 3.09. The van der Waals surface area contributed by atoms with Crippen molar-refractivity contribution in [3.05, 3.63) is 70.5 Å². The minimum absolute atomic E-state index is 0.268. The molecule has 2 aromatic carbocycles. The number of halogens is 1. The molecule has 0 amide bonds. The standard InChI is InChI=1S/C16H17FO/c1-11-4-3-5-13(8-11)9-16(18)14-7-6-12(2)15(17)10-14/h3-8,10,16,18H,9H2,1-2H3. The Hall–Kier alpha value is -1.67. The Labute approximate surface area is 107 Å². The molecule has 1 nitrogen and oxygen atoms in total. The Morgan fingerprint density at radius 1 is 1.11 bits per heavy atom. The summed E-state index contributed by atoms with van der Waals surface area (Å²) in [6, 6.07) is 12.9. The first-order valence-corrected chi connectivity index (χ1v) is 6.06. The molecule has 2 rings (SSSR count). The van der Waals surface area contributed by atoms with Crippen molar-refractivity contribution in [2.45, 2.75) is 26.4 Å². The summed E-state index contributed by atoms with van der Waals surface area (Å²) >= 11 is 0.